The molecule has 1 aromatic rings. The SMILES string of the molecule is CC(C)(C)OC(=O)NC1CCN(CCOCCOCCOCCOCCNc2cccc3c2C(=O)N(C2CCC(=O)NC2=O)C3=O)CC1. The van der Waals surface area contributed by atoms with Gasteiger partial charge in [0.2, 0.25) is 11.8 Å². The average molecular weight is 676 g/mol. The lowest BCUT2D eigenvalue weighted by Crippen LogP contribution is -2.54. The molecule has 5 amide bonds. The van der Waals surface area contributed by atoms with Crippen LogP contribution in [0.15, 0.2) is 18.2 Å². The third-order valence-corrected chi connectivity index (χ3v) is 8.01. The normalized spacial score (nSPS) is 19.0. The number of hydrogen-bond acceptors (Lipinski definition) is 12. The number of nitrogens with one attached hydrogen (secondary N) is 3. The Morgan fingerprint density at radius 1 is 0.854 bits per heavy atom. The quantitative estimate of drug-likeness (QED) is 0.152. The van der Waals surface area contributed by atoms with Crippen molar-refractivity contribution >= 4 is 35.4 Å². The van der Waals surface area contributed by atoms with Gasteiger partial charge in [0.15, 0.2) is 0 Å². The van der Waals surface area contributed by atoms with Gasteiger partial charge in [0, 0.05) is 44.3 Å². The number of nitrogens with zero attached hydrogens (tertiary/aromatic N) is 2. The highest BCUT2D eigenvalue weighted by Crippen LogP contribution is 2.32. The number of carbonyl (C=O) groups is 5. The number of likely N-dealkylation sites (tertiary alicyclic amines) is 1. The fourth-order valence-corrected chi connectivity index (χ4v) is 5.65. The molecular weight excluding hydrogens is 626 g/mol. The van der Waals surface area contributed by atoms with Crippen molar-refractivity contribution < 1.29 is 47.7 Å². The van der Waals surface area contributed by atoms with Crippen LogP contribution in [-0.4, -0.2) is 136 Å². The minimum absolute atomic E-state index is 0.0688. The largest absolute Gasteiger partial charge is 0.444 e. The number of imide groups is 2. The summed E-state index contributed by atoms with van der Waals surface area (Å²) in [6.07, 6.45) is 1.60. The molecule has 0 aliphatic carbocycles. The van der Waals surface area contributed by atoms with E-state index >= 15 is 0 Å². The van der Waals surface area contributed by atoms with Crippen LogP contribution in [-0.2, 0) is 33.3 Å². The van der Waals surface area contributed by atoms with Crippen molar-refractivity contribution in [2.45, 2.75) is 64.1 Å². The molecule has 1 unspecified atom stereocenters. The zero-order valence-corrected chi connectivity index (χ0v) is 28.2. The molecule has 3 N–H and O–H groups in total. The standard InChI is InChI=1S/C33H49N5O10/c1-33(2,3)48-32(43)35-23-9-12-37(13-10-23)14-16-45-18-20-47-22-21-46-19-17-44-15-11-34-25-6-4-5-24-28(25)31(42)38(30(24)41)26-7-8-27(39)36-29(26)40/h4-6,23,26,34H,7-22H2,1-3H3,(H,35,43)(H,36,39,40). The number of anilines is 1. The van der Waals surface area contributed by atoms with E-state index in [2.05, 4.69) is 20.9 Å². The molecule has 0 saturated carbocycles. The molecule has 3 aliphatic heterocycles. The smallest absolute Gasteiger partial charge is 0.407 e. The van der Waals surface area contributed by atoms with E-state index in [0.29, 0.717) is 65.1 Å². The van der Waals surface area contributed by atoms with Crippen LogP contribution < -0.4 is 16.0 Å². The first-order chi connectivity index (χ1) is 23.0. The Kier molecular flexibility index (Phi) is 14.1. The molecule has 0 bridgehead atoms. The van der Waals surface area contributed by atoms with E-state index in [1.165, 1.54) is 0 Å². The zero-order chi connectivity index (χ0) is 34.5. The minimum Gasteiger partial charge on any atom is -0.444 e. The van der Waals surface area contributed by atoms with E-state index in [1.54, 1.807) is 18.2 Å². The van der Waals surface area contributed by atoms with Crippen molar-refractivity contribution in [3.8, 4) is 0 Å². The monoisotopic (exact) mass is 675 g/mol. The lowest BCUT2D eigenvalue weighted by Gasteiger charge is -2.32. The van der Waals surface area contributed by atoms with Crippen molar-refractivity contribution in [1.82, 2.24) is 20.4 Å². The summed E-state index contributed by atoms with van der Waals surface area (Å²) < 4.78 is 27.7. The molecule has 266 valence electrons. The van der Waals surface area contributed by atoms with Gasteiger partial charge in [-0.05, 0) is 52.2 Å². The first-order valence-electron chi connectivity index (χ1n) is 16.6. The predicted octanol–water partition coefficient (Wildman–Crippen LogP) is 1.56. The van der Waals surface area contributed by atoms with Gasteiger partial charge in [0.05, 0.1) is 64.0 Å². The fraction of sp³-hybridized carbons (Fsp3) is 0.667. The number of amides is 5. The van der Waals surface area contributed by atoms with Crippen molar-refractivity contribution in [2.24, 2.45) is 0 Å². The van der Waals surface area contributed by atoms with Crippen LogP contribution in [0.3, 0.4) is 0 Å². The Hall–Kier alpha value is -3.63. The molecule has 4 rings (SSSR count). The number of alkyl carbamates (subject to hydrolysis) is 1. The number of hydrogen-bond donors (Lipinski definition) is 3. The first kappa shape index (κ1) is 37.2. The highest BCUT2D eigenvalue weighted by Gasteiger charge is 2.45. The van der Waals surface area contributed by atoms with Crippen molar-refractivity contribution in [1.29, 1.82) is 0 Å². The first-order valence-corrected chi connectivity index (χ1v) is 16.6. The van der Waals surface area contributed by atoms with E-state index in [9.17, 15) is 24.0 Å². The Labute approximate surface area is 281 Å². The van der Waals surface area contributed by atoms with Crippen LogP contribution in [0.4, 0.5) is 10.5 Å². The number of piperidine rings is 2. The van der Waals surface area contributed by atoms with Gasteiger partial charge in [0.1, 0.15) is 11.6 Å². The summed E-state index contributed by atoms with van der Waals surface area (Å²) >= 11 is 0. The van der Waals surface area contributed by atoms with Crippen LogP contribution >= 0.6 is 0 Å². The van der Waals surface area contributed by atoms with Gasteiger partial charge >= 0.3 is 6.09 Å². The second-order valence-electron chi connectivity index (χ2n) is 12.8. The summed E-state index contributed by atoms with van der Waals surface area (Å²) in [4.78, 5) is 65.1. The number of rotatable bonds is 18. The van der Waals surface area contributed by atoms with E-state index in [4.69, 9.17) is 23.7 Å². The number of ether oxygens (including phenoxy) is 5. The summed E-state index contributed by atoms with van der Waals surface area (Å²) in [6, 6.07) is 4.06. The maximum absolute atomic E-state index is 13.1. The summed E-state index contributed by atoms with van der Waals surface area (Å²) in [6.45, 7) is 12.2. The summed E-state index contributed by atoms with van der Waals surface area (Å²) in [5.41, 5.74) is 0.425. The van der Waals surface area contributed by atoms with Crippen LogP contribution in [0.2, 0.25) is 0 Å². The molecule has 15 nitrogen and oxygen atoms in total. The second-order valence-corrected chi connectivity index (χ2v) is 12.8. The maximum Gasteiger partial charge on any atom is 0.407 e. The third kappa shape index (κ3) is 11.2. The van der Waals surface area contributed by atoms with Gasteiger partial charge in [-0.25, -0.2) is 4.79 Å². The van der Waals surface area contributed by atoms with E-state index in [-0.39, 0.29) is 36.1 Å². The summed E-state index contributed by atoms with van der Waals surface area (Å²) in [5, 5.41) is 8.29. The van der Waals surface area contributed by atoms with Gasteiger partial charge < -0.3 is 39.2 Å². The van der Waals surface area contributed by atoms with Crippen molar-refractivity contribution in [3.63, 3.8) is 0 Å². The Bertz CT molecular complexity index is 1280. The Balaban J connectivity index is 0.965. The van der Waals surface area contributed by atoms with Gasteiger partial charge in [-0.3, -0.25) is 29.4 Å². The van der Waals surface area contributed by atoms with Crippen molar-refractivity contribution in [3.05, 3.63) is 29.3 Å². The number of fused-ring (bicyclic) bond motifs is 1. The molecule has 2 saturated heterocycles. The molecule has 0 radical (unpaired) electrons. The van der Waals surface area contributed by atoms with Gasteiger partial charge in [-0.2, -0.15) is 0 Å². The van der Waals surface area contributed by atoms with Crippen LogP contribution in [0.25, 0.3) is 0 Å². The van der Waals surface area contributed by atoms with Crippen LogP contribution in [0.1, 0.15) is 67.2 Å². The van der Waals surface area contributed by atoms with E-state index in [1.807, 2.05) is 20.8 Å². The number of benzene rings is 1. The lowest BCUT2D eigenvalue weighted by molar-refractivity contribution is -0.136. The molecule has 0 aromatic heterocycles. The molecule has 3 heterocycles. The molecule has 15 heteroatoms. The minimum atomic E-state index is -1.01. The highest BCUT2D eigenvalue weighted by atomic mass is 16.6. The second kappa shape index (κ2) is 18.2. The van der Waals surface area contributed by atoms with Gasteiger partial charge in [0.25, 0.3) is 11.8 Å². The maximum atomic E-state index is 13.1. The van der Waals surface area contributed by atoms with Crippen molar-refractivity contribution in [2.75, 3.05) is 84.4 Å². The third-order valence-electron chi connectivity index (χ3n) is 8.01. The summed E-state index contributed by atoms with van der Waals surface area (Å²) in [5.74, 6) is -2.15. The molecule has 3 aliphatic rings. The topological polar surface area (TPSA) is 174 Å². The molecule has 1 aromatic carbocycles. The van der Waals surface area contributed by atoms with E-state index in [0.717, 1.165) is 37.4 Å². The van der Waals surface area contributed by atoms with Gasteiger partial charge in [-0.1, -0.05) is 6.07 Å². The van der Waals surface area contributed by atoms with Gasteiger partial charge in [-0.15, -0.1) is 0 Å². The van der Waals surface area contributed by atoms with E-state index < -0.39 is 35.3 Å². The molecule has 48 heavy (non-hydrogen) atoms. The zero-order valence-electron chi connectivity index (χ0n) is 28.2. The number of carbonyl (C=O) groups excluding carboxylic acids is 5. The summed E-state index contributed by atoms with van der Waals surface area (Å²) in [7, 11) is 0. The van der Waals surface area contributed by atoms with Crippen LogP contribution in [0, 0.1) is 0 Å². The molecular formula is C33H49N5O10. The molecule has 1 atom stereocenters. The Morgan fingerprint density at radius 3 is 2.10 bits per heavy atom. The lowest BCUT2D eigenvalue weighted by atomic mass is 10.0. The molecule has 2 fully saturated rings. The van der Waals surface area contributed by atoms with Crippen LogP contribution in [0.5, 0.6) is 0 Å². The molecule has 0 spiro atoms. The predicted molar refractivity (Wildman–Crippen MR) is 174 cm³/mol. The average Bonchev–Trinajstić information content (AvgIpc) is 3.28. The fourth-order valence-electron chi connectivity index (χ4n) is 5.65. The Morgan fingerprint density at radius 2 is 1.48 bits per heavy atom. The highest BCUT2D eigenvalue weighted by molar-refractivity contribution is 6.25.